The largest absolute Gasteiger partial charge is 0.487 e. The highest BCUT2D eigenvalue weighted by Crippen LogP contribution is 2.33. The predicted octanol–water partition coefficient (Wildman–Crippen LogP) is 1.84. The maximum atomic E-state index is 11.3. The smallest absolute Gasteiger partial charge is 0.336 e. The lowest BCUT2D eigenvalue weighted by molar-refractivity contribution is -0.385. The molecule has 102 valence electrons. The van der Waals surface area contributed by atoms with Gasteiger partial charge in [-0.2, -0.15) is 5.26 Å². The van der Waals surface area contributed by atoms with Crippen LogP contribution in [0.25, 0.3) is 5.69 Å². The van der Waals surface area contributed by atoms with Crippen LogP contribution < -0.4 is 4.74 Å². The van der Waals surface area contributed by atoms with E-state index >= 15 is 0 Å². The van der Waals surface area contributed by atoms with E-state index in [2.05, 4.69) is 10.1 Å². The van der Waals surface area contributed by atoms with Gasteiger partial charge in [-0.25, -0.2) is 9.67 Å². The lowest BCUT2D eigenvalue weighted by atomic mass is 10.2. The van der Waals surface area contributed by atoms with Crippen molar-refractivity contribution in [3.05, 3.63) is 40.5 Å². The average molecular weight is 273 g/mol. The Bertz CT molecular complexity index is 674. The molecule has 2 rings (SSSR count). The van der Waals surface area contributed by atoms with Gasteiger partial charge in [-0.3, -0.25) is 10.1 Å². The Morgan fingerprint density at radius 3 is 2.95 bits per heavy atom. The Morgan fingerprint density at radius 2 is 2.35 bits per heavy atom. The number of aromatic nitrogens is 3. The fourth-order valence-corrected chi connectivity index (χ4v) is 1.64. The second-order valence-corrected chi connectivity index (χ2v) is 3.85. The van der Waals surface area contributed by atoms with Gasteiger partial charge in [0.15, 0.2) is 5.75 Å². The van der Waals surface area contributed by atoms with E-state index in [1.807, 2.05) is 6.92 Å². The molecular weight excluding hydrogens is 262 g/mol. The lowest BCUT2D eigenvalue weighted by Gasteiger charge is -2.08. The minimum Gasteiger partial charge on any atom is -0.487 e. The number of nitrogens with zero attached hydrogens (tertiary/aromatic N) is 5. The summed E-state index contributed by atoms with van der Waals surface area (Å²) in [5.74, 6) is 0.113. The van der Waals surface area contributed by atoms with E-state index in [0.29, 0.717) is 6.61 Å². The first-order valence-corrected chi connectivity index (χ1v) is 5.89. The molecule has 0 aliphatic carbocycles. The molecule has 0 atom stereocenters. The summed E-state index contributed by atoms with van der Waals surface area (Å²) in [7, 11) is 0. The molecule has 2 aromatic rings. The molecular formula is C12H11N5O3. The monoisotopic (exact) mass is 273 g/mol. The molecule has 0 amide bonds. The summed E-state index contributed by atoms with van der Waals surface area (Å²) in [5.41, 5.74) is 0.00735. The molecule has 0 spiro atoms. The SMILES string of the molecule is CCCOc1cccc(-n2cnc(C#N)n2)c1[N+](=O)[O-]. The van der Waals surface area contributed by atoms with Crippen molar-refractivity contribution in [2.45, 2.75) is 13.3 Å². The first kappa shape index (κ1) is 13.5. The van der Waals surface area contributed by atoms with Gasteiger partial charge in [0.2, 0.25) is 0 Å². The van der Waals surface area contributed by atoms with Gasteiger partial charge in [0.1, 0.15) is 18.1 Å². The first-order valence-electron chi connectivity index (χ1n) is 5.89. The molecule has 0 fully saturated rings. The van der Waals surface area contributed by atoms with Gasteiger partial charge in [-0.15, -0.1) is 5.10 Å². The Morgan fingerprint density at radius 1 is 1.55 bits per heavy atom. The van der Waals surface area contributed by atoms with Gasteiger partial charge in [0.25, 0.3) is 5.82 Å². The summed E-state index contributed by atoms with van der Waals surface area (Å²) in [6.45, 7) is 2.29. The summed E-state index contributed by atoms with van der Waals surface area (Å²) in [6.07, 6.45) is 1.99. The van der Waals surface area contributed by atoms with Crippen LogP contribution in [-0.2, 0) is 0 Å². The number of rotatable bonds is 5. The second-order valence-electron chi connectivity index (χ2n) is 3.85. The third kappa shape index (κ3) is 2.56. The van der Waals surface area contributed by atoms with E-state index in [1.54, 1.807) is 12.1 Å². The van der Waals surface area contributed by atoms with E-state index in [1.165, 1.54) is 23.1 Å². The van der Waals surface area contributed by atoms with Crippen molar-refractivity contribution < 1.29 is 9.66 Å². The summed E-state index contributed by atoms with van der Waals surface area (Å²) in [4.78, 5) is 14.5. The highest BCUT2D eigenvalue weighted by atomic mass is 16.6. The molecule has 1 aromatic carbocycles. The Hall–Kier alpha value is -2.95. The molecule has 0 saturated carbocycles. The topological polar surface area (TPSA) is 107 Å². The molecule has 0 aliphatic heterocycles. The third-order valence-corrected chi connectivity index (χ3v) is 2.46. The van der Waals surface area contributed by atoms with Crippen LogP contribution in [0.15, 0.2) is 24.5 Å². The fraction of sp³-hybridized carbons (Fsp3) is 0.250. The summed E-state index contributed by atoms with van der Waals surface area (Å²) in [5, 5.41) is 23.8. The average Bonchev–Trinajstić information content (AvgIpc) is 2.93. The van der Waals surface area contributed by atoms with Crippen molar-refractivity contribution in [1.29, 1.82) is 5.26 Å². The molecule has 1 aromatic heterocycles. The van der Waals surface area contributed by atoms with E-state index in [9.17, 15) is 10.1 Å². The Balaban J connectivity index is 2.52. The zero-order chi connectivity index (χ0) is 14.5. The van der Waals surface area contributed by atoms with Gasteiger partial charge in [-0.05, 0) is 18.6 Å². The fourth-order valence-electron chi connectivity index (χ4n) is 1.64. The van der Waals surface area contributed by atoms with Crippen LogP contribution >= 0.6 is 0 Å². The van der Waals surface area contributed by atoms with Gasteiger partial charge in [0, 0.05) is 0 Å². The van der Waals surface area contributed by atoms with Gasteiger partial charge < -0.3 is 4.74 Å². The molecule has 1 heterocycles. The second kappa shape index (κ2) is 5.79. The number of ether oxygens (including phenoxy) is 1. The minimum atomic E-state index is -0.534. The van der Waals surface area contributed by atoms with Gasteiger partial charge >= 0.3 is 5.69 Å². The highest BCUT2D eigenvalue weighted by Gasteiger charge is 2.23. The molecule has 8 nitrogen and oxygen atoms in total. The van der Waals surface area contributed by atoms with Gasteiger partial charge in [0.05, 0.1) is 11.5 Å². The molecule has 0 bridgehead atoms. The van der Waals surface area contributed by atoms with Crippen molar-refractivity contribution >= 4 is 5.69 Å². The van der Waals surface area contributed by atoms with Crippen LogP contribution in [0.3, 0.4) is 0 Å². The van der Waals surface area contributed by atoms with Crippen molar-refractivity contribution in [1.82, 2.24) is 14.8 Å². The molecule has 0 N–H and O–H groups in total. The number of hydrogen-bond acceptors (Lipinski definition) is 6. The number of nitriles is 1. The zero-order valence-corrected chi connectivity index (χ0v) is 10.7. The van der Waals surface area contributed by atoms with E-state index < -0.39 is 4.92 Å². The Labute approximate surface area is 114 Å². The number of nitro benzene ring substituents is 1. The Kier molecular flexibility index (Phi) is 3.91. The number of para-hydroxylation sites is 1. The number of hydrogen-bond donors (Lipinski definition) is 0. The summed E-state index contributed by atoms with van der Waals surface area (Å²) < 4.78 is 6.56. The van der Waals surface area contributed by atoms with Crippen LogP contribution in [0.2, 0.25) is 0 Å². The van der Waals surface area contributed by atoms with E-state index in [4.69, 9.17) is 10.00 Å². The predicted molar refractivity (Wildman–Crippen MR) is 68.5 cm³/mol. The number of nitro groups is 1. The van der Waals surface area contributed by atoms with Crippen LogP contribution in [0, 0.1) is 21.4 Å². The molecule has 0 unspecified atom stereocenters. The molecule has 20 heavy (non-hydrogen) atoms. The van der Waals surface area contributed by atoms with Crippen molar-refractivity contribution in [3.63, 3.8) is 0 Å². The summed E-state index contributed by atoms with van der Waals surface area (Å²) >= 11 is 0. The van der Waals surface area contributed by atoms with Crippen LogP contribution in [0.5, 0.6) is 5.75 Å². The van der Waals surface area contributed by atoms with Crippen molar-refractivity contribution in [2.75, 3.05) is 6.61 Å². The lowest BCUT2D eigenvalue weighted by Crippen LogP contribution is -2.05. The zero-order valence-electron chi connectivity index (χ0n) is 10.7. The standard InChI is InChI=1S/C12H11N5O3/c1-2-6-20-10-5-3-4-9(12(10)17(18)19)16-8-14-11(7-13)15-16/h3-5,8H,2,6H2,1H3. The first-order chi connectivity index (χ1) is 9.67. The minimum absolute atomic E-state index is 0.0563. The van der Waals surface area contributed by atoms with Crippen LogP contribution in [0.1, 0.15) is 19.2 Å². The normalized spacial score (nSPS) is 10.0. The molecule has 0 saturated heterocycles. The third-order valence-electron chi connectivity index (χ3n) is 2.46. The molecule has 0 radical (unpaired) electrons. The van der Waals surface area contributed by atoms with Crippen LogP contribution in [0.4, 0.5) is 5.69 Å². The maximum absolute atomic E-state index is 11.3. The van der Waals surface area contributed by atoms with Crippen molar-refractivity contribution in [2.24, 2.45) is 0 Å². The maximum Gasteiger partial charge on any atom is 0.336 e. The van der Waals surface area contributed by atoms with E-state index in [0.717, 1.165) is 6.42 Å². The molecule has 0 aliphatic rings. The van der Waals surface area contributed by atoms with Crippen LogP contribution in [-0.4, -0.2) is 26.3 Å². The highest BCUT2D eigenvalue weighted by molar-refractivity contribution is 5.61. The molecule has 8 heteroatoms. The van der Waals surface area contributed by atoms with Crippen molar-refractivity contribution in [3.8, 4) is 17.5 Å². The number of benzene rings is 1. The van der Waals surface area contributed by atoms with Gasteiger partial charge in [-0.1, -0.05) is 13.0 Å². The quantitative estimate of drug-likeness (QED) is 0.607. The van der Waals surface area contributed by atoms with E-state index in [-0.39, 0.29) is 22.9 Å². The summed E-state index contributed by atoms with van der Waals surface area (Å²) in [6, 6.07) is 6.44.